The van der Waals surface area contributed by atoms with E-state index in [0.717, 1.165) is 17.7 Å². The van der Waals surface area contributed by atoms with E-state index in [1.165, 1.54) is 12.1 Å². The van der Waals surface area contributed by atoms with Gasteiger partial charge in [0.2, 0.25) is 4.58 Å². The second-order valence-corrected chi connectivity index (χ2v) is 8.06. The lowest BCUT2D eigenvalue weighted by Crippen LogP contribution is -2.30. The normalized spacial score (nSPS) is 14.1. The van der Waals surface area contributed by atoms with Crippen molar-refractivity contribution in [3.63, 3.8) is 0 Å². The van der Waals surface area contributed by atoms with Crippen molar-refractivity contribution in [1.29, 1.82) is 0 Å². The molecular weight excluding hydrogens is 304 g/mol. The van der Waals surface area contributed by atoms with E-state index >= 15 is 0 Å². The number of hydrogen-bond donors (Lipinski definition) is 1. The molecule has 6 nitrogen and oxygen atoms in total. The van der Waals surface area contributed by atoms with Gasteiger partial charge in [0.1, 0.15) is 5.75 Å². The predicted octanol–water partition coefficient (Wildman–Crippen LogP) is 1.78. The van der Waals surface area contributed by atoms with Gasteiger partial charge >= 0.3 is 10.1 Å². The molecule has 0 amide bonds. The third kappa shape index (κ3) is 3.09. The summed E-state index contributed by atoms with van der Waals surface area (Å²) in [6.07, 6.45) is 0. The van der Waals surface area contributed by atoms with Crippen LogP contribution in [0, 0.1) is 0 Å². The van der Waals surface area contributed by atoms with E-state index in [9.17, 15) is 16.8 Å². The summed E-state index contributed by atoms with van der Waals surface area (Å²) in [6.45, 7) is 0.839. The molecule has 20 heavy (non-hydrogen) atoms. The monoisotopic (exact) mass is 316 g/mol. The first kappa shape index (κ1) is 14.8. The van der Waals surface area contributed by atoms with E-state index in [4.69, 9.17) is 8.74 Å². The van der Waals surface area contributed by atoms with Crippen molar-refractivity contribution in [3.05, 3.63) is 42.5 Å². The minimum Gasteiger partial charge on any atom is -0.381 e. The van der Waals surface area contributed by atoms with E-state index in [1.807, 2.05) is 12.1 Å². The first-order valence-electron chi connectivity index (χ1n) is 5.58. The molecule has 0 bridgehead atoms. The Balaban J connectivity index is 2.37. The van der Waals surface area contributed by atoms with Crippen LogP contribution in [-0.4, -0.2) is 26.0 Å². The quantitative estimate of drug-likeness (QED) is 0.682. The fraction of sp³-hybridized carbons (Fsp3) is 0.167. The summed E-state index contributed by atoms with van der Waals surface area (Å²) in [5, 5.41) is 1.64. The van der Waals surface area contributed by atoms with Crippen molar-refractivity contribution in [3.8, 4) is 5.75 Å². The van der Waals surface area contributed by atoms with Crippen LogP contribution in [0.15, 0.2) is 42.5 Å². The molecule has 0 saturated carbocycles. The van der Waals surface area contributed by atoms with Crippen LogP contribution >= 0.6 is 0 Å². The Hall–Kier alpha value is -1.64. The Labute approximate surface area is 116 Å². The number of fused-ring (bicyclic) bond motifs is 1. The van der Waals surface area contributed by atoms with Crippen molar-refractivity contribution in [2.45, 2.75) is 11.5 Å². The molecule has 0 heterocycles. The van der Waals surface area contributed by atoms with E-state index in [2.05, 4.69) is 0 Å². The maximum atomic E-state index is 11.7. The van der Waals surface area contributed by atoms with Crippen LogP contribution in [0.2, 0.25) is 0 Å². The molecule has 0 spiro atoms. The Bertz CT molecular complexity index is 839. The van der Waals surface area contributed by atoms with Crippen LogP contribution < -0.4 is 4.18 Å². The predicted molar refractivity (Wildman–Crippen MR) is 74.5 cm³/mol. The molecular formula is C12H12O6S2. The first-order chi connectivity index (χ1) is 9.20. The Morgan fingerprint density at radius 2 is 1.60 bits per heavy atom. The first-order valence-corrected chi connectivity index (χ1v) is 8.56. The molecule has 0 radical (unpaired) electrons. The maximum Gasteiger partial charge on any atom is 0.328 e. The zero-order valence-electron chi connectivity index (χ0n) is 10.4. The molecule has 0 saturated heterocycles. The van der Waals surface area contributed by atoms with Crippen LogP contribution in [0.3, 0.4) is 0 Å². The van der Waals surface area contributed by atoms with Gasteiger partial charge in [-0.25, -0.2) is 0 Å². The minimum absolute atomic E-state index is 0.0146. The van der Waals surface area contributed by atoms with Crippen LogP contribution in [0.4, 0.5) is 0 Å². The molecule has 0 aliphatic heterocycles. The van der Waals surface area contributed by atoms with E-state index < -0.39 is 24.8 Å². The lowest BCUT2D eigenvalue weighted by atomic mass is 10.1. The summed E-state index contributed by atoms with van der Waals surface area (Å²) in [6, 6.07) is 11.8. The SMILES string of the molecule is CC(S(=O)(=O)O)S(=O)(=O)Oc1ccc2ccccc2c1. The van der Waals surface area contributed by atoms with Gasteiger partial charge in [-0.1, -0.05) is 30.3 Å². The topological polar surface area (TPSA) is 97.7 Å². The van der Waals surface area contributed by atoms with Crippen molar-refractivity contribution in [2.75, 3.05) is 0 Å². The second kappa shape index (κ2) is 5.04. The smallest absolute Gasteiger partial charge is 0.328 e. The second-order valence-electron chi connectivity index (χ2n) is 4.17. The van der Waals surface area contributed by atoms with Crippen LogP contribution in [-0.2, 0) is 20.2 Å². The molecule has 8 heteroatoms. The average Bonchev–Trinajstić information content (AvgIpc) is 2.36. The van der Waals surface area contributed by atoms with Crippen molar-refractivity contribution < 1.29 is 25.6 Å². The van der Waals surface area contributed by atoms with Crippen molar-refractivity contribution in [1.82, 2.24) is 0 Å². The molecule has 1 unspecified atom stereocenters. The largest absolute Gasteiger partial charge is 0.381 e. The zero-order valence-corrected chi connectivity index (χ0v) is 12.1. The fourth-order valence-electron chi connectivity index (χ4n) is 1.57. The lowest BCUT2D eigenvalue weighted by Gasteiger charge is -2.11. The van der Waals surface area contributed by atoms with Crippen molar-refractivity contribution >= 4 is 31.0 Å². The maximum absolute atomic E-state index is 11.7. The highest BCUT2D eigenvalue weighted by Gasteiger charge is 2.34. The average molecular weight is 316 g/mol. The Kier molecular flexibility index (Phi) is 3.72. The summed E-state index contributed by atoms with van der Waals surface area (Å²) in [5.41, 5.74) is 0. The highest BCUT2D eigenvalue weighted by Crippen LogP contribution is 2.23. The van der Waals surface area contributed by atoms with Gasteiger partial charge < -0.3 is 4.18 Å². The van der Waals surface area contributed by atoms with Crippen LogP contribution in [0.25, 0.3) is 10.8 Å². The molecule has 0 aliphatic rings. The highest BCUT2D eigenvalue weighted by atomic mass is 32.3. The molecule has 0 aromatic heterocycles. The number of benzene rings is 2. The molecule has 2 aromatic carbocycles. The summed E-state index contributed by atoms with van der Waals surface area (Å²) in [4.78, 5) is 0. The van der Waals surface area contributed by atoms with Gasteiger partial charge in [-0.2, -0.15) is 16.8 Å². The number of rotatable bonds is 4. The van der Waals surface area contributed by atoms with Crippen LogP contribution in [0.5, 0.6) is 5.75 Å². The molecule has 0 aliphatic carbocycles. The Morgan fingerprint density at radius 1 is 1.00 bits per heavy atom. The van der Waals surface area contributed by atoms with E-state index in [-0.39, 0.29) is 5.75 Å². The summed E-state index contributed by atoms with van der Waals surface area (Å²) in [7, 11) is -9.21. The summed E-state index contributed by atoms with van der Waals surface area (Å²) >= 11 is 0. The van der Waals surface area contributed by atoms with E-state index in [1.54, 1.807) is 18.2 Å². The van der Waals surface area contributed by atoms with E-state index in [0.29, 0.717) is 0 Å². The van der Waals surface area contributed by atoms with Gasteiger partial charge in [0.05, 0.1) is 0 Å². The molecule has 2 aromatic rings. The van der Waals surface area contributed by atoms with Gasteiger partial charge in [-0.15, -0.1) is 0 Å². The third-order valence-corrected chi connectivity index (χ3v) is 6.27. The lowest BCUT2D eigenvalue weighted by molar-refractivity contribution is 0.460. The molecule has 0 fully saturated rings. The molecule has 2 rings (SSSR count). The Morgan fingerprint density at radius 3 is 2.20 bits per heavy atom. The van der Waals surface area contributed by atoms with Gasteiger partial charge in [0.25, 0.3) is 10.1 Å². The number of hydrogen-bond acceptors (Lipinski definition) is 5. The third-order valence-electron chi connectivity index (χ3n) is 2.76. The van der Waals surface area contributed by atoms with Gasteiger partial charge in [0, 0.05) is 0 Å². The standard InChI is InChI=1S/C12H12O6S2/c1-9(19(13,14)15)20(16,17)18-12-7-6-10-4-2-3-5-11(10)8-12/h2-9H,1H3,(H,13,14,15). The van der Waals surface area contributed by atoms with Crippen molar-refractivity contribution in [2.24, 2.45) is 0 Å². The molecule has 1 N–H and O–H groups in total. The van der Waals surface area contributed by atoms with Gasteiger partial charge in [-0.3, -0.25) is 4.55 Å². The van der Waals surface area contributed by atoms with Crippen LogP contribution in [0.1, 0.15) is 6.92 Å². The summed E-state index contributed by atoms with van der Waals surface area (Å²) < 4.78 is 56.7. The van der Waals surface area contributed by atoms with Gasteiger partial charge in [0.15, 0.2) is 0 Å². The molecule has 1 atom stereocenters. The fourth-order valence-corrected chi connectivity index (χ4v) is 3.39. The highest BCUT2D eigenvalue weighted by molar-refractivity contribution is 8.04. The van der Waals surface area contributed by atoms with Gasteiger partial charge in [-0.05, 0) is 29.8 Å². The zero-order chi connectivity index (χ0) is 15.0. The summed E-state index contributed by atoms with van der Waals surface area (Å²) in [5.74, 6) is -0.0146. The minimum atomic E-state index is -4.74. The molecule has 108 valence electrons.